The molecule has 1 atom stereocenters. The minimum Gasteiger partial charge on any atom is -0.370 e. The maximum Gasteiger partial charge on any atom is 0.0916 e. The van der Waals surface area contributed by atoms with Gasteiger partial charge >= 0.3 is 0 Å². The van der Waals surface area contributed by atoms with Crippen molar-refractivity contribution in [3.8, 4) is 0 Å². The van der Waals surface area contributed by atoms with Crippen LogP contribution >= 0.6 is 0 Å². The van der Waals surface area contributed by atoms with Crippen LogP contribution in [0, 0.1) is 0 Å². The molecule has 0 amide bonds. The van der Waals surface area contributed by atoms with Crippen molar-refractivity contribution in [2.24, 2.45) is 0 Å². The molecule has 1 heterocycles. The van der Waals surface area contributed by atoms with E-state index in [0.717, 1.165) is 19.4 Å². The van der Waals surface area contributed by atoms with E-state index in [2.05, 4.69) is 6.92 Å². The van der Waals surface area contributed by atoms with Gasteiger partial charge in [-0.25, -0.2) is 0 Å². The third-order valence-electron chi connectivity index (χ3n) is 5.55. The number of rotatable bonds is 19. The summed E-state index contributed by atoms with van der Waals surface area (Å²) >= 11 is 0. The van der Waals surface area contributed by atoms with Gasteiger partial charge in [0.05, 0.1) is 18.9 Å². The quantitative estimate of drug-likeness (QED) is 0.172. The second-order valence-electron chi connectivity index (χ2n) is 7.96. The van der Waals surface area contributed by atoms with Gasteiger partial charge in [-0.15, -0.1) is 0 Å². The Morgan fingerprint density at radius 2 is 1.00 bits per heavy atom. The Morgan fingerprint density at radius 3 is 1.38 bits per heavy atom. The highest BCUT2D eigenvalue weighted by atomic mass is 19.1. The third-order valence-corrected chi connectivity index (χ3v) is 5.55. The first-order valence-electron chi connectivity index (χ1n) is 11.0. The van der Waals surface area contributed by atoms with Gasteiger partial charge in [0.25, 0.3) is 0 Å². The van der Waals surface area contributed by atoms with Gasteiger partial charge in [0.2, 0.25) is 0 Å². The molecule has 1 aliphatic heterocycles. The van der Waals surface area contributed by atoms with Crippen molar-refractivity contribution < 1.29 is 9.13 Å². The Balaban J connectivity index is 1.80. The first-order chi connectivity index (χ1) is 11.8. The molecule has 0 aliphatic carbocycles. The van der Waals surface area contributed by atoms with E-state index in [4.69, 9.17) is 4.74 Å². The predicted molar refractivity (Wildman–Crippen MR) is 103 cm³/mol. The molecule has 0 aromatic rings. The number of epoxide rings is 1. The van der Waals surface area contributed by atoms with E-state index >= 15 is 0 Å². The van der Waals surface area contributed by atoms with Crippen molar-refractivity contribution in [2.75, 3.05) is 13.3 Å². The van der Waals surface area contributed by atoms with Crippen LogP contribution in [0.2, 0.25) is 0 Å². The number of alkyl halides is 1. The lowest BCUT2D eigenvalue weighted by Gasteiger charge is -2.11. The van der Waals surface area contributed by atoms with Crippen molar-refractivity contribution in [1.29, 1.82) is 0 Å². The highest BCUT2D eigenvalue weighted by molar-refractivity contribution is 4.91. The fraction of sp³-hybridized carbons (Fsp3) is 1.00. The van der Waals surface area contributed by atoms with Crippen molar-refractivity contribution in [3.05, 3.63) is 0 Å². The maximum absolute atomic E-state index is 12.0. The van der Waals surface area contributed by atoms with E-state index in [1.807, 2.05) is 0 Å². The molecule has 1 rings (SSSR count). The molecule has 1 saturated heterocycles. The number of hydrogen-bond acceptors (Lipinski definition) is 1. The van der Waals surface area contributed by atoms with E-state index in [9.17, 15) is 4.39 Å². The summed E-state index contributed by atoms with van der Waals surface area (Å²) in [4.78, 5) is 0. The maximum atomic E-state index is 12.0. The van der Waals surface area contributed by atoms with Crippen LogP contribution in [-0.2, 0) is 4.74 Å². The average Bonchev–Trinajstić information content (AvgIpc) is 3.36. The Kier molecular flexibility index (Phi) is 13.9. The Morgan fingerprint density at radius 1 is 0.625 bits per heavy atom. The van der Waals surface area contributed by atoms with Crippen LogP contribution in [-0.4, -0.2) is 18.9 Å². The summed E-state index contributed by atoms with van der Waals surface area (Å²) in [5.41, 5.74) is 0.263. The van der Waals surface area contributed by atoms with Gasteiger partial charge in [-0.1, -0.05) is 103 Å². The van der Waals surface area contributed by atoms with Crippen molar-refractivity contribution >= 4 is 0 Å². The van der Waals surface area contributed by atoms with Gasteiger partial charge in [-0.05, 0) is 19.3 Å². The summed E-state index contributed by atoms with van der Waals surface area (Å²) in [7, 11) is 0. The topological polar surface area (TPSA) is 12.5 Å². The minimum atomic E-state index is -0.147. The van der Waals surface area contributed by atoms with E-state index < -0.39 is 0 Å². The van der Waals surface area contributed by atoms with Crippen molar-refractivity contribution in [2.45, 2.75) is 128 Å². The lowest BCUT2D eigenvalue weighted by molar-refractivity contribution is 0.260. The zero-order valence-electron chi connectivity index (χ0n) is 16.4. The first-order valence-corrected chi connectivity index (χ1v) is 11.0. The molecule has 24 heavy (non-hydrogen) atoms. The van der Waals surface area contributed by atoms with Crippen LogP contribution < -0.4 is 0 Å². The Bertz CT molecular complexity index is 263. The predicted octanol–water partition coefficient (Wildman–Crippen LogP) is 7.77. The summed E-state index contributed by atoms with van der Waals surface area (Å²) in [5.74, 6) is 0. The molecule has 1 fully saturated rings. The molecule has 1 unspecified atom stereocenters. The lowest BCUT2D eigenvalue weighted by Crippen LogP contribution is -2.10. The molecular weight excluding hydrogens is 299 g/mol. The van der Waals surface area contributed by atoms with Gasteiger partial charge in [0.1, 0.15) is 0 Å². The minimum absolute atomic E-state index is 0.147. The van der Waals surface area contributed by atoms with Crippen LogP contribution in [0.3, 0.4) is 0 Å². The van der Waals surface area contributed by atoms with Crippen LogP contribution in [0.25, 0.3) is 0 Å². The molecule has 0 radical (unpaired) electrons. The monoisotopic (exact) mass is 342 g/mol. The lowest BCUT2D eigenvalue weighted by atomic mass is 9.94. The van der Waals surface area contributed by atoms with Gasteiger partial charge < -0.3 is 4.74 Å². The smallest absolute Gasteiger partial charge is 0.0916 e. The number of unbranched alkanes of at least 4 members (excludes halogenated alkanes) is 14. The first kappa shape index (κ1) is 21.9. The summed E-state index contributed by atoms with van der Waals surface area (Å²) in [6.07, 6.45) is 23.6. The zero-order valence-corrected chi connectivity index (χ0v) is 16.4. The van der Waals surface area contributed by atoms with E-state index in [0.29, 0.717) is 0 Å². The molecule has 144 valence electrons. The van der Waals surface area contributed by atoms with E-state index in [-0.39, 0.29) is 12.3 Å². The molecule has 0 N–H and O–H groups in total. The van der Waals surface area contributed by atoms with Crippen LogP contribution in [0.5, 0.6) is 0 Å². The Labute approximate surface area is 151 Å². The van der Waals surface area contributed by atoms with Crippen LogP contribution in [0.15, 0.2) is 0 Å². The highest BCUT2D eigenvalue weighted by Crippen LogP contribution is 2.38. The molecule has 0 aromatic carbocycles. The van der Waals surface area contributed by atoms with E-state index in [1.54, 1.807) is 0 Å². The van der Waals surface area contributed by atoms with Gasteiger partial charge in [-0.3, -0.25) is 4.39 Å². The largest absolute Gasteiger partial charge is 0.370 e. The molecule has 0 spiro atoms. The molecule has 2 heteroatoms. The molecule has 1 nitrogen and oxygen atoms in total. The molecular formula is C22H43FO. The molecule has 1 aliphatic rings. The molecule has 0 aromatic heterocycles. The standard InChI is InChI=1S/C22H43FO/c1-2-3-4-5-6-7-8-9-10-12-15-18-22(21-24-22)19-16-13-11-14-17-20-23/h2-21H2,1H3. The summed E-state index contributed by atoms with van der Waals surface area (Å²) in [5, 5.41) is 0. The summed E-state index contributed by atoms with van der Waals surface area (Å²) in [6, 6.07) is 0. The SMILES string of the molecule is CCCCCCCCCCCCCC1(CCCCCCCF)CO1. The molecule has 0 bridgehead atoms. The van der Waals surface area contributed by atoms with Crippen molar-refractivity contribution in [1.82, 2.24) is 0 Å². The normalized spacial score (nSPS) is 19.8. The van der Waals surface area contributed by atoms with Crippen LogP contribution in [0.1, 0.15) is 122 Å². The third kappa shape index (κ3) is 12.3. The van der Waals surface area contributed by atoms with E-state index in [1.165, 1.54) is 103 Å². The van der Waals surface area contributed by atoms with Crippen LogP contribution in [0.4, 0.5) is 4.39 Å². The van der Waals surface area contributed by atoms with Gasteiger partial charge in [-0.2, -0.15) is 0 Å². The fourth-order valence-electron chi connectivity index (χ4n) is 3.70. The second-order valence-corrected chi connectivity index (χ2v) is 7.96. The number of hydrogen-bond donors (Lipinski definition) is 0. The Hall–Kier alpha value is -0.110. The molecule has 0 saturated carbocycles. The van der Waals surface area contributed by atoms with Crippen molar-refractivity contribution in [3.63, 3.8) is 0 Å². The number of ether oxygens (including phenoxy) is 1. The highest BCUT2D eigenvalue weighted by Gasteiger charge is 2.42. The summed E-state index contributed by atoms with van der Waals surface area (Å²) in [6.45, 7) is 3.13. The summed E-state index contributed by atoms with van der Waals surface area (Å²) < 4.78 is 17.8. The van der Waals surface area contributed by atoms with Gasteiger partial charge in [0, 0.05) is 0 Å². The fourth-order valence-corrected chi connectivity index (χ4v) is 3.70. The zero-order chi connectivity index (χ0) is 17.3. The second kappa shape index (κ2) is 15.2. The average molecular weight is 343 g/mol. The number of halogens is 1. The van der Waals surface area contributed by atoms with Gasteiger partial charge in [0.15, 0.2) is 0 Å².